The number of rotatable bonds is 8. The number of carbonyl (C=O) groups excluding carboxylic acids is 1. The first-order valence-electron chi connectivity index (χ1n) is 8.63. The van der Waals surface area contributed by atoms with Crippen LogP contribution in [-0.2, 0) is 6.42 Å². The Bertz CT molecular complexity index is 723. The van der Waals surface area contributed by atoms with E-state index in [2.05, 4.69) is 33.1 Å². The van der Waals surface area contributed by atoms with Gasteiger partial charge < -0.3 is 20.7 Å². The van der Waals surface area contributed by atoms with Gasteiger partial charge in [-0.15, -0.1) is 24.0 Å². The SMILES string of the molecule is CN=C(NCCNC(=O)c1cccc(OC)c1)NCCc1ccccc1.I. The summed E-state index contributed by atoms with van der Waals surface area (Å²) in [4.78, 5) is 16.3. The maximum atomic E-state index is 12.1. The Morgan fingerprint density at radius 2 is 1.67 bits per heavy atom. The second-order valence-corrected chi connectivity index (χ2v) is 5.65. The molecule has 0 saturated heterocycles. The second kappa shape index (κ2) is 13.0. The van der Waals surface area contributed by atoms with Crippen LogP contribution in [-0.4, -0.2) is 45.7 Å². The molecule has 0 spiro atoms. The highest BCUT2D eigenvalue weighted by atomic mass is 127. The highest BCUT2D eigenvalue weighted by Crippen LogP contribution is 2.12. The zero-order valence-electron chi connectivity index (χ0n) is 15.7. The van der Waals surface area contributed by atoms with Crippen LogP contribution in [0.4, 0.5) is 0 Å². The van der Waals surface area contributed by atoms with Crippen LogP contribution in [0.15, 0.2) is 59.6 Å². The van der Waals surface area contributed by atoms with Gasteiger partial charge >= 0.3 is 0 Å². The number of amides is 1. The lowest BCUT2D eigenvalue weighted by atomic mass is 10.1. The molecule has 7 heteroatoms. The number of guanidine groups is 1. The second-order valence-electron chi connectivity index (χ2n) is 5.65. The van der Waals surface area contributed by atoms with Crippen LogP contribution in [0.1, 0.15) is 15.9 Å². The number of carbonyl (C=O) groups is 1. The fourth-order valence-electron chi connectivity index (χ4n) is 2.41. The summed E-state index contributed by atoms with van der Waals surface area (Å²) in [6.45, 7) is 1.87. The van der Waals surface area contributed by atoms with Crippen LogP contribution >= 0.6 is 24.0 Å². The minimum Gasteiger partial charge on any atom is -0.497 e. The number of benzene rings is 2. The molecule has 0 heterocycles. The molecule has 0 bridgehead atoms. The van der Waals surface area contributed by atoms with Gasteiger partial charge in [0.15, 0.2) is 5.96 Å². The number of ether oxygens (including phenoxy) is 1. The van der Waals surface area contributed by atoms with Crippen molar-refractivity contribution in [3.63, 3.8) is 0 Å². The average Bonchev–Trinajstić information content (AvgIpc) is 2.70. The molecule has 27 heavy (non-hydrogen) atoms. The number of nitrogens with one attached hydrogen (secondary N) is 3. The standard InChI is InChI=1S/C20H26N4O2.HI/c1-21-20(23-12-11-16-7-4-3-5-8-16)24-14-13-22-19(25)17-9-6-10-18(15-17)26-2;/h3-10,15H,11-14H2,1-2H3,(H,22,25)(H2,21,23,24);1H. The van der Waals surface area contributed by atoms with E-state index < -0.39 is 0 Å². The van der Waals surface area contributed by atoms with E-state index in [1.807, 2.05) is 24.3 Å². The van der Waals surface area contributed by atoms with Gasteiger partial charge in [-0.25, -0.2) is 0 Å². The third kappa shape index (κ3) is 8.29. The van der Waals surface area contributed by atoms with E-state index in [1.54, 1.807) is 32.4 Å². The number of hydrogen-bond donors (Lipinski definition) is 3. The first kappa shape index (κ1) is 22.8. The van der Waals surface area contributed by atoms with Gasteiger partial charge in [0.2, 0.25) is 0 Å². The van der Waals surface area contributed by atoms with Gasteiger partial charge in [0.25, 0.3) is 5.91 Å². The summed E-state index contributed by atoms with van der Waals surface area (Å²) in [5.41, 5.74) is 1.86. The molecular formula is C20H27IN4O2. The van der Waals surface area contributed by atoms with Crippen molar-refractivity contribution in [1.82, 2.24) is 16.0 Å². The van der Waals surface area contributed by atoms with Gasteiger partial charge in [0.05, 0.1) is 7.11 Å². The summed E-state index contributed by atoms with van der Waals surface area (Å²) in [5, 5.41) is 9.32. The number of nitrogens with zero attached hydrogens (tertiary/aromatic N) is 1. The Morgan fingerprint density at radius 3 is 2.37 bits per heavy atom. The van der Waals surface area contributed by atoms with Gasteiger partial charge in [0.1, 0.15) is 5.75 Å². The van der Waals surface area contributed by atoms with Crippen molar-refractivity contribution in [2.45, 2.75) is 6.42 Å². The van der Waals surface area contributed by atoms with E-state index in [-0.39, 0.29) is 29.9 Å². The van der Waals surface area contributed by atoms with E-state index >= 15 is 0 Å². The van der Waals surface area contributed by atoms with Crippen molar-refractivity contribution in [1.29, 1.82) is 0 Å². The Hall–Kier alpha value is -2.29. The third-order valence-electron chi connectivity index (χ3n) is 3.81. The van der Waals surface area contributed by atoms with E-state index in [4.69, 9.17) is 4.74 Å². The smallest absolute Gasteiger partial charge is 0.251 e. The molecule has 0 aliphatic rings. The molecule has 146 valence electrons. The summed E-state index contributed by atoms with van der Waals surface area (Å²) in [5.74, 6) is 1.26. The summed E-state index contributed by atoms with van der Waals surface area (Å²) in [6.07, 6.45) is 0.925. The van der Waals surface area contributed by atoms with Crippen LogP contribution in [0.5, 0.6) is 5.75 Å². The molecule has 0 radical (unpaired) electrons. The lowest BCUT2D eigenvalue weighted by molar-refractivity contribution is 0.0954. The molecule has 0 aliphatic heterocycles. The summed E-state index contributed by atoms with van der Waals surface area (Å²) >= 11 is 0. The van der Waals surface area contributed by atoms with E-state index in [1.165, 1.54) is 5.56 Å². The molecule has 0 aliphatic carbocycles. The molecule has 0 atom stereocenters. The number of methoxy groups -OCH3 is 1. The van der Waals surface area contributed by atoms with Crippen molar-refractivity contribution in [2.75, 3.05) is 33.8 Å². The highest BCUT2D eigenvalue weighted by Gasteiger charge is 2.06. The minimum atomic E-state index is -0.127. The van der Waals surface area contributed by atoms with Crippen LogP contribution < -0.4 is 20.7 Å². The Kier molecular flexibility index (Phi) is 10.9. The summed E-state index contributed by atoms with van der Waals surface area (Å²) < 4.78 is 5.13. The predicted molar refractivity (Wildman–Crippen MR) is 120 cm³/mol. The van der Waals surface area contributed by atoms with Crippen molar-refractivity contribution in [2.24, 2.45) is 4.99 Å². The predicted octanol–water partition coefficient (Wildman–Crippen LogP) is 2.45. The molecule has 0 saturated carbocycles. The molecule has 0 aromatic heterocycles. The molecule has 1 amide bonds. The quantitative estimate of drug-likeness (QED) is 0.234. The number of hydrogen-bond acceptors (Lipinski definition) is 3. The fraction of sp³-hybridized carbons (Fsp3) is 0.300. The first-order chi connectivity index (χ1) is 12.7. The van der Waals surface area contributed by atoms with Crippen LogP contribution in [0.2, 0.25) is 0 Å². The monoisotopic (exact) mass is 482 g/mol. The first-order valence-corrected chi connectivity index (χ1v) is 8.63. The topological polar surface area (TPSA) is 74.8 Å². The zero-order valence-corrected chi connectivity index (χ0v) is 18.0. The van der Waals surface area contributed by atoms with Crippen molar-refractivity contribution in [3.05, 3.63) is 65.7 Å². The van der Waals surface area contributed by atoms with E-state index in [0.717, 1.165) is 18.9 Å². The molecular weight excluding hydrogens is 455 g/mol. The normalized spacial score (nSPS) is 10.5. The van der Waals surface area contributed by atoms with Crippen molar-refractivity contribution >= 4 is 35.8 Å². The van der Waals surface area contributed by atoms with Crippen LogP contribution in [0.25, 0.3) is 0 Å². The average molecular weight is 482 g/mol. The largest absolute Gasteiger partial charge is 0.497 e. The van der Waals surface area contributed by atoms with Crippen LogP contribution in [0.3, 0.4) is 0 Å². The molecule has 2 rings (SSSR count). The van der Waals surface area contributed by atoms with E-state index in [0.29, 0.717) is 24.4 Å². The molecule has 0 fully saturated rings. The fourth-order valence-corrected chi connectivity index (χ4v) is 2.41. The van der Waals surface area contributed by atoms with Gasteiger partial charge in [-0.05, 0) is 30.2 Å². The Morgan fingerprint density at radius 1 is 0.963 bits per heavy atom. The van der Waals surface area contributed by atoms with Gasteiger partial charge in [-0.2, -0.15) is 0 Å². The van der Waals surface area contributed by atoms with Crippen LogP contribution in [0, 0.1) is 0 Å². The third-order valence-corrected chi connectivity index (χ3v) is 3.81. The maximum absolute atomic E-state index is 12.1. The zero-order chi connectivity index (χ0) is 18.6. The Balaban J connectivity index is 0.00000364. The number of aliphatic imine (C=N–C) groups is 1. The van der Waals surface area contributed by atoms with Gasteiger partial charge in [-0.3, -0.25) is 9.79 Å². The lowest BCUT2D eigenvalue weighted by Crippen LogP contribution is -2.42. The maximum Gasteiger partial charge on any atom is 0.251 e. The molecule has 3 N–H and O–H groups in total. The van der Waals surface area contributed by atoms with Crippen molar-refractivity contribution < 1.29 is 9.53 Å². The highest BCUT2D eigenvalue weighted by molar-refractivity contribution is 14.0. The van der Waals surface area contributed by atoms with Gasteiger partial charge in [0, 0.05) is 32.2 Å². The molecule has 2 aromatic rings. The number of halogens is 1. The molecule has 6 nitrogen and oxygen atoms in total. The summed E-state index contributed by atoms with van der Waals surface area (Å²) in [6, 6.07) is 17.4. The van der Waals surface area contributed by atoms with E-state index in [9.17, 15) is 4.79 Å². The lowest BCUT2D eigenvalue weighted by Gasteiger charge is -2.12. The van der Waals surface area contributed by atoms with Gasteiger partial charge in [-0.1, -0.05) is 36.4 Å². The minimum absolute atomic E-state index is 0. The Labute approximate surface area is 177 Å². The summed E-state index contributed by atoms with van der Waals surface area (Å²) in [7, 11) is 3.31. The molecule has 0 unspecified atom stereocenters. The molecule has 2 aromatic carbocycles. The van der Waals surface area contributed by atoms with Crippen molar-refractivity contribution in [3.8, 4) is 5.75 Å².